The third-order valence-corrected chi connectivity index (χ3v) is 5.89. The molecule has 3 N–H and O–H groups in total. The van der Waals surface area contributed by atoms with Crippen LogP contribution in [-0.4, -0.2) is 50.2 Å². The Bertz CT molecular complexity index is 995. The summed E-state index contributed by atoms with van der Waals surface area (Å²) in [4.78, 5) is 45.8. The van der Waals surface area contributed by atoms with Crippen LogP contribution in [-0.2, 0) is 9.59 Å². The third kappa shape index (κ3) is 3.98. The molecule has 2 aliphatic rings. The van der Waals surface area contributed by atoms with Crippen LogP contribution in [0, 0.1) is 0 Å². The summed E-state index contributed by atoms with van der Waals surface area (Å²) >= 11 is 1.15. The lowest BCUT2D eigenvalue weighted by Crippen LogP contribution is -2.49. The zero-order valence-electron chi connectivity index (χ0n) is 16.2. The number of imide groups is 1. The first-order valence-corrected chi connectivity index (χ1v) is 10.5. The molecule has 1 aromatic carbocycles. The Balaban J connectivity index is 1.43. The normalized spacial score (nSPS) is 21.4. The molecule has 10 heteroatoms. The van der Waals surface area contributed by atoms with E-state index in [4.69, 9.17) is 0 Å². The summed E-state index contributed by atoms with van der Waals surface area (Å²) < 4.78 is 0. The highest BCUT2D eigenvalue weighted by Gasteiger charge is 2.47. The number of hydrazine groups is 1. The molecule has 1 atom stereocenters. The van der Waals surface area contributed by atoms with E-state index in [9.17, 15) is 14.4 Å². The van der Waals surface area contributed by atoms with Crippen molar-refractivity contribution in [2.45, 2.75) is 49.8 Å². The average Bonchev–Trinajstić information content (AvgIpc) is 3.50. The predicted molar refractivity (Wildman–Crippen MR) is 109 cm³/mol. The van der Waals surface area contributed by atoms with Gasteiger partial charge in [-0.3, -0.25) is 15.0 Å². The molecule has 0 radical (unpaired) electrons. The fraction of sp³-hybridized carbons (Fsp3) is 0.421. The Morgan fingerprint density at radius 3 is 2.76 bits per heavy atom. The maximum Gasteiger partial charge on any atom is 0.344 e. The molecule has 4 rings (SSSR count). The summed E-state index contributed by atoms with van der Waals surface area (Å²) in [5.41, 5.74) is 2.17. The summed E-state index contributed by atoms with van der Waals surface area (Å²) in [6, 6.07) is 7.51. The van der Waals surface area contributed by atoms with E-state index < -0.39 is 23.4 Å². The molecule has 1 unspecified atom stereocenters. The van der Waals surface area contributed by atoms with Crippen LogP contribution in [0.2, 0.25) is 0 Å². The second-order valence-corrected chi connectivity index (χ2v) is 8.31. The van der Waals surface area contributed by atoms with Crippen molar-refractivity contribution in [3.63, 3.8) is 0 Å². The van der Waals surface area contributed by atoms with Gasteiger partial charge in [0.1, 0.15) is 11.4 Å². The van der Waals surface area contributed by atoms with Crippen LogP contribution in [0.5, 0.6) is 0 Å². The predicted octanol–water partition coefficient (Wildman–Crippen LogP) is 2.05. The first-order chi connectivity index (χ1) is 13.9. The Hall–Kier alpha value is -2.88. The number of anilines is 1. The summed E-state index contributed by atoms with van der Waals surface area (Å²) in [6.45, 7) is 3.43. The molecule has 9 nitrogen and oxygen atoms in total. The molecule has 1 saturated heterocycles. The summed E-state index contributed by atoms with van der Waals surface area (Å²) in [7, 11) is 0. The lowest BCUT2D eigenvalue weighted by molar-refractivity contribution is -0.137. The van der Waals surface area contributed by atoms with Crippen LogP contribution in [0.3, 0.4) is 0 Å². The fourth-order valence-electron chi connectivity index (χ4n) is 2.96. The number of para-hydroxylation sites is 1. The molecule has 1 aliphatic heterocycles. The first kappa shape index (κ1) is 19.4. The molecule has 0 bridgehead atoms. The lowest BCUT2D eigenvalue weighted by atomic mass is 10.00. The lowest BCUT2D eigenvalue weighted by Gasteiger charge is -2.19. The van der Waals surface area contributed by atoms with Crippen molar-refractivity contribution in [3.8, 4) is 0 Å². The summed E-state index contributed by atoms with van der Waals surface area (Å²) in [6.07, 6.45) is 2.66. The number of carbonyl (C=O) groups is 3. The SMILES string of the molecule is CCC1(C)NC(=O)N(NC(=O)CSc2nc(NC3CC3)c3ccccc3n2)C1=O. The molecule has 1 saturated carbocycles. The van der Waals surface area contributed by atoms with Crippen molar-refractivity contribution in [2.24, 2.45) is 0 Å². The molecule has 4 amide bonds. The van der Waals surface area contributed by atoms with Gasteiger partial charge >= 0.3 is 6.03 Å². The van der Waals surface area contributed by atoms with E-state index in [1.54, 1.807) is 13.8 Å². The Morgan fingerprint density at radius 1 is 1.31 bits per heavy atom. The Labute approximate surface area is 172 Å². The van der Waals surface area contributed by atoms with Crippen molar-refractivity contribution >= 4 is 46.3 Å². The molecule has 0 spiro atoms. The number of hydrogen-bond donors (Lipinski definition) is 3. The summed E-state index contributed by atoms with van der Waals surface area (Å²) in [5, 5.41) is 8.13. The van der Waals surface area contributed by atoms with E-state index in [-0.39, 0.29) is 5.75 Å². The van der Waals surface area contributed by atoms with Crippen molar-refractivity contribution < 1.29 is 14.4 Å². The molecular formula is C19H22N6O3S. The minimum atomic E-state index is -0.998. The molecule has 2 heterocycles. The van der Waals surface area contributed by atoms with E-state index in [0.717, 1.165) is 46.3 Å². The number of benzene rings is 1. The van der Waals surface area contributed by atoms with Crippen molar-refractivity contribution in [1.29, 1.82) is 0 Å². The van der Waals surface area contributed by atoms with E-state index in [2.05, 4.69) is 26.0 Å². The topological polar surface area (TPSA) is 116 Å². The highest BCUT2D eigenvalue weighted by Crippen LogP contribution is 2.29. The molecule has 152 valence electrons. The van der Waals surface area contributed by atoms with E-state index in [1.807, 2.05) is 24.3 Å². The molecule has 2 fully saturated rings. The molecule has 29 heavy (non-hydrogen) atoms. The number of rotatable bonds is 7. The second kappa shape index (κ2) is 7.51. The third-order valence-electron chi connectivity index (χ3n) is 5.04. The molecular weight excluding hydrogens is 392 g/mol. The zero-order chi connectivity index (χ0) is 20.6. The number of nitrogens with one attached hydrogen (secondary N) is 3. The van der Waals surface area contributed by atoms with Gasteiger partial charge in [-0.05, 0) is 38.3 Å². The van der Waals surface area contributed by atoms with E-state index in [1.165, 1.54) is 0 Å². The Morgan fingerprint density at radius 2 is 2.07 bits per heavy atom. The standard InChI is InChI=1S/C19H22N6O3S/c1-3-19(2)16(27)25(18(28)23-19)24-14(26)10-29-17-21-13-7-5-4-6-12(13)15(22-17)20-11-8-9-11/h4-7,11H,3,8-10H2,1-2H3,(H,23,28)(H,24,26)(H,20,21,22). The van der Waals surface area contributed by atoms with Crippen molar-refractivity contribution in [2.75, 3.05) is 11.1 Å². The van der Waals surface area contributed by atoms with Crippen molar-refractivity contribution in [3.05, 3.63) is 24.3 Å². The van der Waals surface area contributed by atoms with Gasteiger partial charge in [0.15, 0.2) is 5.16 Å². The number of fused-ring (bicyclic) bond motifs is 1. The smallest absolute Gasteiger partial charge is 0.344 e. The highest BCUT2D eigenvalue weighted by molar-refractivity contribution is 7.99. The van der Waals surface area contributed by atoms with Crippen LogP contribution in [0.4, 0.5) is 10.6 Å². The minimum absolute atomic E-state index is 0.0267. The number of carbonyl (C=O) groups excluding carboxylic acids is 3. The second-order valence-electron chi connectivity index (χ2n) is 7.37. The zero-order valence-corrected chi connectivity index (χ0v) is 17.0. The number of aromatic nitrogens is 2. The number of amides is 4. The fourth-order valence-corrected chi connectivity index (χ4v) is 3.61. The maximum atomic E-state index is 12.4. The van der Waals surface area contributed by atoms with E-state index in [0.29, 0.717) is 17.6 Å². The number of nitrogens with zero attached hydrogens (tertiary/aromatic N) is 3. The number of urea groups is 1. The largest absolute Gasteiger partial charge is 0.367 e. The first-order valence-electron chi connectivity index (χ1n) is 9.52. The van der Waals surface area contributed by atoms with Crippen LogP contribution < -0.4 is 16.1 Å². The van der Waals surface area contributed by atoms with Gasteiger partial charge in [-0.15, -0.1) is 0 Å². The summed E-state index contributed by atoms with van der Waals surface area (Å²) in [5.74, 6) is -0.219. The molecule has 1 aliphatic carbocycles. The van der Waals surface area contributed by atoms with Gasteiger partial charge in [0.2, 0.25) is 5.91 Å². The number of hydrogen-bond acceptors (Lipinski definition) is 7. The monoisotopic (exact) mass is 414 g/mol. The van der Waals surface area contributed by atoms with Gasteiger partial charge < -0.3 is 10.6 Å². The van der Waals surface area contributed by atoms with Gasteiger partial charge in [0, 0.05) is 11.4 Å². The van der Waals surface area contributed by atoms with Gasteiger partial charge in [-0.1, -0.05) is 30.8 Å². The maximum absolute atomic E-state index is 12.4. The molecule has 2 aromatic rings. The molecule has 1 aromatic heterocycles. The van der Waals surface area contributed by atoms with Gasteiger partial charge in [-0.2, -0.15) is 5.01 Å². The van der Waals surface area contributed by atoms with E-state index >= 15 is 0 Å². The van der Waals surface area contributed by atoms with Crippen LogP contribution in [0.25, 0.3) is 10.9 Å². The van der Waals surface area contributed by atoms with Crippen LogP contribution in [0.15, 0.2) is 29.4 Å². The number of thioether (sulfide) groups is 1. The van der Waals surface area contributed by atoms with Crippen LogP contribution in [0.1, 0.15) is 33.1 Å². The van der Waals surface area contributed by atoms with Crippen LogP contribution >= 0.6 is 11.8 Å². The Kier molecular flexibility index (Phi) is 5.03. The van der Waals surface area contributed by atoms with Crippen molar-refractivity contribution in [1.82, 2.24) is 25.7 Å². The van der Waals surface area contributed by atoms with Gasteiger partial charge in [0.05, 0.1) is 11.3 Å². The van der Waals surface area contributed by atoms with Gasteiger partial charge in [-0.25, -0.2) is 14.8 Å². The minimum Gasteiger partial charge on any atom is -0.367 e. The quantitative estimate of drug-likeness (QED) is 0.361. The van der Waals surface area contributed by atoms with Gasteiger partial charge in [0.25, 0.3) is 5.91 Å². The highest BCUT2D eigenvalue weighted by atomic mass is 32.2. The average molecular weight is 414 g/mol.